The summed E-state index contributed by atoms with van der Waals surface area (Å²) in [7, 11) is 0. The standard InChI is InChI=1S/C15H24O3/c1-3-5-6-7-8-10-15-16-11-14(9-4-2,12-17-15)13-18-15/h4,6-13H2,1-2H3. The third-order valence-electron chi connectivity index (χ3n) is 3.79. The van der Waals surface area contributed by atoms with Gasteiger partial charge in [-0.25, -0.2) is 0 Å². The summed E-state index contributed by atoms with van der Waals surface area (Å²) in [5.41, 5.74) is 0.115. The van der Waals surface area contributed by atoms with Crippen LogP contribution in [0.4, 0.5) is 0 Å². The van der Waals surface area contributed by atoms with Gasteiger partial charge in [-0.15, -0.1) is 11.8 Å². The predicted molar refractivity (Wildman–Crippen MR) is 69.8 cm³/mol. The Balaban J connectivity index is 1.76. The van der Waals surface area contributed by atoms with E-state index in [4.69, 9.17) is 14.2 Å². The molecule has 0 saturated carbocycles. The summed E-state index contributed by atoms with van der Waals surface area (Å²) in [5, 5.41) is 0. The van der Waals surface area contributed by atoms with Crippen molar-refractivity contribution in [3.8, 4) is 11.8 Å². The maximum Gasteiger partial charge on any atom is 0.282 e. The zero-order chi connectivity index (χ0) is 12.9. The lowest BCUT2D eigenvalue weighted by atomic mass is 9.84. The largest absolute Gasteiger partial charge is 0.327 e. The van der Waals surface area contributed by atoms with Crippen molar-refractivity contribution >= 4 is 0 Å². The van der Waals surface area contributed by atoms with Crippen molar-refractivity contribution in [2.45, 2.75) is 58.3 Å². The van der Waals surface area contributed by atoms with Crippen molar-refractivity contribution in [3.05, 3.63) is 0 Å². The van der Waals surface area contributed by atoms with Crippen molar-refractivity contribution < 1.29 is 14.2 Å². The molecule has 3 heterocycles. The smallest absolute Gasteiger partial charge is 0.282 e. The fourth-order valence-corrected chi connectivity index (χ4v) is 2.68. The monoisotopic (exact) mass is 252 g/mol. The minimum atomic E-state index is -0.741. The Labute approximate surface area is 110 Å². The van der Waals surface area contributed by atoms with Gasteiger partial charge >= 0.3 is 0 Å². The second-order valence-corrected chi connectivity index (χ2v) is 5.43. The Kier molecular flexibility index (Phi) is 4.66. The minimum Gasteiger partial charge on any atom is -0.327 e. The quantitative estimate of drug-likeness (QED) is 0.537. The molecule has 3 nitrogen and oxygen atoms in total. The first kappa shape index (κ1) is 13.9. The Morgan fingerprint density at radius 1 is 1.00 bits per heavy atom. The van der Waals surface area contributed by atoms with Gasteiger partial charge in [-0.3, -0.25) is 0 Å². The fourth-order valence-electron chi connectivity index (χ4n) is 2.68. The second-order valence-electron chi connectivity index (χ2n) is 5.43. The molecule has 0 spiro atoms. The van der Waals surface area contributed by atoms with E-state index in [2.05, 4.69) is 18.8 Å². The molecule has 0 unspecified atom stereocenters. The normalized spacial score (nSPS) is 34.1. The average molecular weight is 252 g/mol. The van der Waals surface area contributed by atoms with Crippen LogP contribution in [0.3, 0.4) is 0 Å². The lowest BCUT2D eigenvalue weighted by molar-refractivity contribution is -0.470. The van der Waals surface area contributed by atoms with Crippen LogP contribution < -0.4 is 0 Å². The van der Waals surface area contributed by atoms with Gasteiger partial charge in [0.25, 0.3) is 5.97 Å². The predicted octanol–water partition coefficient (Wildman–Crippen LogP) is 3.09. The molecule has 2 bridgehead atoms. The summed E-state index contributed by atoms with van der Waals surface area (Å²) in [6.45, 7) is 6.43. The lowest BCUT2D eigenvalue weighted by Crippen LogP contribution is -2.59. The Morgan fingerprint density at radius 3 is 2.22 bits per heavy atom. The van der Waals surface area contributed by atoms with Gasteiger partial charge in [0.15, 0.2) is 0 Å². The molecule has 3 aliphatic rings. The Morgan fingerprint density at radius 2 is 1.67 bits per heavy atom. The molecular weight excluding hydrogens is 228 g/mol. The van der Waals surface area contributed by atoms with Crippen LogP contribution in [0, 0.1) is 17.3 Å². The summed E-state index contributed by atoms with van der Waals surface area (Å²) in [6, 6.07) is 0. The molecule has 0 amide bonds. The number of hydrogen-bond acceptors (Lipinski definition) is 3. The van der Waals surface area contributed by atoms with E-state index in [-0.39, 0.29) is 5.41 Å². The first-order valence-corrected chi connectivity index (χ1v) is 7.06. The summed E-state index contributed by atoms with van der Waals surface area (Å²) >= 11 is 0. The summed E-state index contributed by atoms with van der Waals surface area (Å²) < 4.78 is 17.5. The van der Waals surface area contributed by atoms with Crippen molar-refractivity contribution in [2.75, 3.05) is 19.8 Å². The highest BCUT2D eigenvalue weighted by Crippen LogP contribution is 2.43. The summed E-state index contributed by atoms with van der Waals surface area (Å²) in [5.74, 6) is 5.25. The van der Waals surface area contributed by atoms with Crippen LogP contribution in [-0.4, -0.2) is 25.8 Å². The van der Waals surface area contributed by atoms with E-state index in [0.717, 1.165) is 58.3 Å². The molecular formula is C15H24O3. The van der Waals surface area contributed by atoms with Gasteiger partial charge in [0.2, 0.25) is 0 Å². The summed E-state index contributed by atoms with van der Waals surface area (Å²) in [4.78, 5) is 0. The first-order chi connectivity index (χ1) is 8.74. The Hall–Kier alpha value is -0.560. The molecule has 3 saturated heterocycles. The van der Waals surface area contributed by atoms with Crippen LogP contribution in [0.25, 0.3) is 0 Å². The Bertz CT molecular complexity index is 302. The highest BCUT2D eigenvalue weighted by molar-refractivity contribution is 4.94. The number of fused-ring (bicyclic) bond motifs is 3. The molecule has 0 aromatic rings. The molecule has 3 heteroatoms. The van der Waals surface area contributed by atoms with Crippen LogP contribution in [-0.2, 0) is 14.2 Å². The zero-order valence-electron chi connectivity index (χ0n) is 11.6. The van der Waals surface area contributed by atoms with Crippen molar-refractivity contribution in [2.24, 2.45) is 5.41 Å². The topological polar surface area (TPSA) is 27.7 Å². The third-order valence-corrected chi connectivity index (χ3v) is 3.79. The fraction of sp³-hybridized carbons (Fsp3) is 0.867. The van der Waals surface area contributed by atoms with E-state index < -0.39 is 5.97 Å². The maximum absolute atomic E-state index is 5.85. The molecule has 3 aliphatic heterocycles. The van der Waals surface area contributed by atoms with E-state index in [9.17, 15) is 0 Å². The molecule has 0 aliphatic carbocycles. The van der Waals surface area contributed by atoms with Crippen LogP contribution in [0.5, 0.6) is 0 Å². The van der Waals surface area contributed by atoms with E-state index in [1.54, 1.807) is 0 Å². The van der Waals surface area contributed by atoms with Crippen LogP contribution in [0.2, 0.25) is 0 Å². The SMILES string of the molecule is CC#CCCCCC12OCC(CCC)(CO1)CO2. The van der Waals surface area contributed by atoms with Gasteiger partial charge in [-0.2, -0.15) is 0 Å². The maximum atomic E-state index is 5.85. The summed E-state index contributed by atoms with van der Waals surface area (Å²) in [6.07, 6.45) is 6.16. The highest BCUT2D eigenvalue weighted by Gasteiger charge is 2.51. The van der Waals surface area contributed by atoms with Gasteiger partial charge in [0.05, 0.1) is 19.8 Å². The van der Waals surface area contributed by atoms with Crippen molar-refractivity contribution in [1.29, 1.82) is 0 Å². The van der Waals surface area contributed by atoms with Gasteiger partial charge in [-0.05, 0) is 26.2 Å². The van der Waals surface area contributed by atoms with E-state index in [1.165, 1.54) is 0 Å². The van der Waals surface area contributed by atoms with Crippen LogP contribution >= 0.6 is 0 Å². The van der Waals surface area contributed by atoms with Gasteiger partial charge in [0, 0.05) is 18.3 Å². The molecule has 0 aromatic carbocycles. The number of rotatable bonds is 6. The first-order valence-electron chi connectivity index (χ1n) is 7.06. The molecule has 0 aromatic heterocycles. The van der Waals surface area contributed by atoms with Gasteiger partial charge in [-0.1, -0.05) is 13.3 Å². The molecule has 102 valence electrons. The molecule has 0 N–H and O–H groups in total. The zero-order valence-corrected chi connectivity index (χ0v) is 11.6. The number of hydrogen-bond donors (Lipinski definition) is 0. The lowest BCUT2D eigenvalue weighted by Gasteiger charge is -2.52. The number of ether oxygens (including phenoxy) is 3. The average Bonchev–Trinajstić information content (AvgIpc) is 2.41. The van der Waals surface area contributed by atoms with Crippen molar-refractivity contribution in [3.63, 3.8) is 0 Å². The van der Waals surface area contributed by atoms with Crippen molar-refractivity contribution in [1.82, 2.24) is 0 Å². The second kappa shape index (κ2) is 6.06. The molecule has 0 atom stereocenters. The van der Waals surface area contributed by atoms with Gasteiger partial charge in [0.1, 0.15) is 0 Å². The van der Waals surface area contributed by atoms with E-state index in [0.29, 0.717) is 0 Å². The molecule has 3 fully saturated rings. The van der Waals surface area contributed by atoms with Crippen LogP contribution in [0.1, 0.15) is 52.4 Å². The number of unbranched alkanes of at least 4 members (excludes halogenated alkanes) is 2. The molecule has 18 heavy (non-hydrogen) atoms. The molecule has 0 radical (unpaired) electrons. The van der Waals surface area contributed by atoms with E-state index >= 15 is 0 Å². The molecule has 3 rings (SSSR count). The van der Waals surface area contributed by atoms with E-state index in [1.807, 2.05) is 6.92 Å². The third kappa shape index (κ3) is 3.06. The van der Waals surface area contributed by atoms with Crippen LogP contribution in [0.15, 0.2) is 0 Å². The highest BCUT2D eigenvalue weighted by atomic mass is 16.9. The van der Waals surface area contributed by atoms with Gasteiger partial charge < -0.3 is 14.2 Å². The minimum absolute atomic E-state index is 0.115.